The molecule has 32 heavy (non-hydrogen) atoms. The van der Waals surface area contributed by atoms with Crippen molar-refractivity contribution in [1.29, 1.82) is 5.41 Å². The molecule has 0 aliphatic rings. The highest BCUT2D eigenvalue weighted by atomic mass is 31.0. The molecule has 0 bridgehead atoms. The Bertz CT molecular complexity index is 1430. The molecule has 156 valence electrons. The maximum absolute atomic E-state index is 13.7. The lowest BCUT2D eigenvalue weighted by molar-refractivity contribution is 0.622. The van der Waals surface area contributed by atoms with Crippen molar-refractivity contribution in [3.05, 3.63) is 119 Å². The van der Waals surface area contributed by atoms with Gasteiger partial charge in [-0.25, -0.2) is 13.5 Å². The molecule has 0 radical (unpaired) electrons. The van der Waals surface area contributed by atoms with Crippen LogP contribution in [0.5, 0.6) is 0 Å². The third-order valence-corrected chi connectivity index (χ3v) is 5.95. The first-order valence-corrected chi connectivity index (χ1v) is 10.5. The fourth-order valence-electron chi connectivity index (χ4n) is 4.27. The summed E-state index contributed by atoms with van der Waals surface area (Å²) in [5.41, 5.74) is 4.39. The van der Waals surface area contributed by atoms with Gasteiger partial charge in [0.25, 0.3) is 0 Å². The number of aromatic nitrogens is 1. The smallest absolute Gasteiger partial charge is 0.155 e. The van der Waals surface area contributed by atoms with Crippen LogP contribution in [-0.4, -0.2) is 10.4 Å². The normalized spacial score (nSPS) is 11.3. The van der Waals surface area contributed by atoms with Crippen LogP contribution >= 0.6 is 9.03 Å². The largest absolute Gasteiger partial charge is 0.329 e. The summed E-state index contributed by atoms with van der Waals surface area (Å²) >= 11 is 0. The Hall–Kier alpha value is -3.69. The first kappa shape index (κ1) is 20.2. The van der Waals surface area contributed by atoms with Gasteiger partial charge in [-0.1, -0.05) is 42.5 Å². The van der Waals surface area contributed by atoms with Gasteiger partial charge in [0.2, 0.25) is 0 Å². The second kappa shape index (κ2) is 8.10. The third kappa shape index (κ3) is 3.41. The second-order valence-corrected chi connectivity index (χ2v) is 7.81. The average molecular weight is 441 g/mol. The van der Waals surface area contributed by atoms with Gasteiger partial charge in [-0.05, 0) is 68.7 Å². The number of fused-ring (bicyclic) bond motifs is 3. The van der Waals surface area contributed by atoms with Crippen LogP contribution in [0.3, 0.4) is 0 Å². The van der Waals surface area contributed by atoms with Gasteiger partial charge in [-0.3, -0.25) is 5.41 Å². The fourth-order valence-corrected chi connectivity index (χ4v) is 4.40. The predicted octanol–water partition coefficient (Wildman–Crippen LogP) is 7.36. The van der Waals surface area contributed by atoms with E-state index in [1.807, 2.05) is 42.5 Å². The zero-order chi connectivity index (χ0) is 22.2. The van der Waals surface area contributed by atoms with Gasteiger partial charge in [0.05, 0.1) is 11.6 Å². The minimum atomic E-state index is -0.310. The minimum Gasteiger partial charge on any atom is -0.329 e. The van der Waals surface area contributed by atoms with Crippen LogP contribution in [0.25, 0.3) is 21.8 Å². The molecule has 1 N–H and O–H groups in total. The van der Waals surface area contributed by atoms with Gasteiger partial charge < -0.3 is 4.57 Å². The third-order valence-electron chi connectivity index (χ3n) is 5.72. The molecule has 4 aromatic carbocycles. The molecule has 0 unspecified atom stereocenters. The highest BCUT2D eigenvalue weighted by molar-refractivity contribution is 7.05. The zero-order valence-electron chi connectivity index (χ0n) is 16.9. The van der Waals surface area contributed by atoms with Crippen molar-refractivity contribution in [2.75, 3.05) is 0 Å². The van der Waals surface area contributed by atoms with E-state index in [2.05, 4.69) is 18.3 Å². The van der Waals surface area contributed by atoms with Crippen molar-refractivity contribution >= 4 is 36.7 Å². The molecule has 0 saturated heterocycles. The lowest BCUT2D eigenvalue weighted by atomic mass is 9.97. The van der Waals surface area contributed by atoms with Gasteiger partial charge in [-0.2, -0.15) is 0 Å². The number of hydrogen-bond acceptors (Lipinski definition) is 1. The Kier molecular flexibility index (Phi) is 5.12. The van der Waals surface area contributed by atoms with E-state index < -0.39 is 0 Å². The molecule has 5 aromatic rings. The molecular weight excluding hydrogens is 423 g/mol. The van der Waals surface area contributed by atoms with Crippen LogP contribution in [-0.2, 0) is 0 Å². The Labute approximate surface area is 185 Å². The highest BCUT2D eigenvalue weighted by Gasteiger charge is 2.22. The summed E-state index contributed by atoms with van der Waals surface area (Å²) in [6, 6.07) is 26.3. The number of halogens is 2. The molecule has 0 spiro atoms. The summed E-state index contributed by atoms with van der Waals surface area (Å²) in [6.07, 6.45) is 0. The molecule has 3 nitrogen and oxygen atoms in total. The van der Waals surface area contributed by atoms with Gasteiger partial charge in [0, 0.05) is 21.9 Å². The number of amidine groups is 1. The molecule has 0 fully saturated rings. The molecular formula is C26H18F2N3P. The predicted molar refractivity (Wildman–Crippen MR) is 127 cm³/mol. The van der Waals surface area contributed by atoms with Crippen molar-refractivity contribution in [1.82, 2.24) is 4.57 Å². The van der Waals surface area contributed by atoms with E-state index in [1.54, 1.807) is 24.3 Å². The van der Waals surface area contributed by atoms with E-state index in [0.29, 0.717) is 5.56 Å². The molecule has 0 atom stereocenters. The first-order chi connectivity index (χ1) is 15.6. The number of para-hydroxylation sites is 1. The molecule has 0 saturated carbocycles. The summed E-state index contributed by atoms with van der Waals surface area (Å²) in [4.78, 5) is 0. The van der Waals surface area contributed by atoms with Crippen LogP contribution in [0.15, 0.2) is 95.7 Å². The number of hydrogen-bond donors (Lipinski definition) is 1. The minimum absolute atomic E-state index is 0.133. The van der Waals surface area contributed by atoms with Gasteiger partial charge >= 0.3 is 0 Å². The average Bonchev–Trinajstić information content (AvgIpc) is 3.15. The van der Waals surface area contributed by atoms with E-state index in [9.17, 15) is 8.78 Å². The van der Waals surface area contributed by atoms with Crippen LogP contribution in [0.1, 0.15) is 22.7 Å². The maximum Gasteiger partial charge on any atom is 0.155 e. The zero-order valence-corrected chi connectivity index (χ0v) is 17.9. The lowest BCUT2D eigenvalue weighted by Gasteiger charge is -2.23. The number of nitrogens with zero attached hydrogens (tertiary/aromatic N) is 2. The summed E-state index contributed by atoms with van der Waals surface area (Å²) < 4.78 is 33.4. The van der Waals surface area contributed by atoms with Gasteiger partial charge in [-0.15, -0.1) is 0 Å². The van der Waals surface area contributed by atoms with E-state index >= 15 is 0 Å². The number of benzene rings is 4. The SMILES string of the molecule is N=C(N=P)c1ccc2c(c1)c1ccccc1n2C(c1ccc(F)cc1)c1ccc(F)cc1. The van der Waals surface area contributed by atoms with Crippen molar-refractivity contribution in [3.8, 4) is 0 Å². The quantitative estimate of drug-likeness (QED) is 0.172. The van der Waals surface area contributed by atoms with Crippen molar-refractivity contribution < 1.29 is 8.78 Å². The van der Waals surface area contributed by atoms with Gasteiger partial charge in [0.1, 0.15) is 11.6 Å². The monoisotopic (exact) mass is 441 g/mol. The summed E-state index contributed by atoms with van der Waals surface area (Å²) in [7, 11) is 3.05. The van der Waals surface area contributed by atoms with E-state index in [4.69, 9.17) is 5.41 Å². The van der Waals surface area contributed by atoms with Crippen LogP contribution in [0.2, 0.25) is 0 Å². The van der Waals surface area contributed by atoms with Crippen molar-refractivity contribution in [2.45, 2.75) is 6.04 Å². The summed E-state index contributed by atoms with van der Waals surface area (Å²) in [5.74, 6) is -0.486. The second-order valence-electron chi connectivity index (χ2n) is 7.59. The number of rotatable bonds is 4. The Morgan fingerprint density at radius 3 is 1.91 bits per heavy atom. The Morgan fingerprint density at radius 1 is 0.750 bits per heavy atom. The van der Waals surface area contributed by atoms with Crippen molar-refractivity contribution in [2.24, 2.45) is 4.74 Å². The maximum atomic E-state index is 13.7. The highest BCUT2D eigenvalue weighted by Crippen LogP contribution is 2.38. The van der Waals surface area contributed by atoms with Gasteiger partial charge in [0.15, 0.2) is 5.84 Å². The van der Waals surface area contributed by atoms with E-state index in [-0.39, 0.29) is 23.5 Å². The molecule has 6 heteroatoms. The molecule has 1 aromatic heterocycles. The summed E-state index contributed by atoms with van der Waals surface area (Å²) in [5, 5.41) is 10.1. The topological polar surface area (TPSA) is 41.1 Å². The van der Waals surface area contributed by atoms with E-state index in [0.717, 1.165) is 32.9 Å². The molecule has 0 aliphatic heterocycles. The molecule has 0 aliphatic carbocycles. The summed E-state index contributed by atoms with van der Waals surface area (Å²) in [6.45, 7) is 0. The fraction of sp³-hybridized carbons (Fsp3) is 0.0385. The molecule has 5 rings (SSSR count). The van der Waals surface area contributed by atoms with Crippen molar-refractivity contribution in [3.63, 3.8) is 0 Å². The van der Waals surface area contributed by atoms with Crippen LogP contribution in [0, 0.1) is 17.0 Å². The standard InChI is InChI=1S/C26H18F2N3P/c27-19-10-5-16(6-11-19)25(17-7-12-20(28)13-8-17)31-23-4-2-1-3-21(23)22-15-18(26(29)30-32)9-14-24(22)31/h1-15,25,29,32H. The van der Waals surface area contributed by atoms with E-state index in [1.165, 1.54) is 24.3 Å². The lowest BCUT2D eigenvalue weighted by Crippen LogP contribution is -2.12. The van der Waals surface area contributed by atoms with Crippen LogP contribution in [0.4, 0.5) is 8.78 Å². The molecule has 0 amide bonds. The Balaban J connectivity index is 1.85. The number of nitrogens with one attached hydrogen (secondary N) is 1. The Morgan fingerprint density at radius 2 is 1.31 bits per heavy atom. The molecule has 1 heterocycles. The first-order valence-electron chi connectivity index (χ1n) is 10.1. The van der Waals surface area contributed by atoms with Crippen LogP contribution < -0.4 is 0 Å².